The van der Waals surface area contributed by atoms with E-state index in [0.29, 0.717) is 0 Å². The molecule has 0 aliphatic heterocycles. The Kier molecular flexibility index (Phi) is 4.62. The molecular formula is C13H12N2O2S2. The maximum absolute atomic E-state index is 8.65. The van der Waals surface area contributed by atoms with Gasteiger partial charge < -0.3 is 10.2 Å². The molecule has 0 fully saturated rings. The van der Waals surface area contributed by atoms with E-state index in [1.165, 1.54) is 40.9 Å². The van der Waals surface area contributed by atoms with Crippen molar-refractivity contribution in [2.24, 2.45) is 5.14 Å². The van der Waals surface area contributed by atoms with Gasteiger partial charge in [-0.1, -0.05) is 12.1 Å². The predicted octanol–water partition coefficient (Wildman–Crippen LogP) is 3.36. The van der Waals surface area contributed by atoms with Crippen molar-refractivity contribution < 1.29 is 10.2 Å². The third-order valence-electron chi connectivity index (χ3n) is 2.22. The number of hydrogen-bond acceptors (Lipinski definition) is 6. The lowest BCUT2D eigenvalue weighted by atomic mass is 10.3. The molecule has 0 bridgehead atoms. The summed E-state index contributed by atoms with van der Waals surface area (Å²) in [5.74, 6) is 0.339. The molecule has 0 saturated heterocycles. The zero-order valence-corrected chi connectivity index (χ0v) is 11.5. The van der Waals surface area contributed by atoms with Gasteiger partial charge in [0, 0.05) is 0 Å². The number of phenolic OH excluding ortho intramolecular Hbond substituents is 2. The van der Waals surface area contributed by atoms with Gasteiger partial charge in [0.2, 0.25) is 0 Å². The molecular weight excluding hydrogens is 280 g/mol. The highest BCUT2D eigenvalue weighted by molar-refractivity contribution is 7.99. The number of benzene rings is 2. The van der Waals surface area contributed by atoms with Crippen molar-refractivity contribution in [3.8, 4) is 11.5 Å². The quantitative estimate of drug-likeness (QED) is 0.473. The van der Waals surface area contributed by atoms with Gasteiger partial charge in [-0.05, 0) is 48.3 Å². The maximum atomic E-state index is 8.65. The van der Waals surface area contributed by atoms with Crippen LogP contribution in [0.25, 0.3) is 10.2 Å². The number of nitrogens with two attached hydrogens (primary N) is 1. The summed E-state index contributed by atoms with van der Waals surface area (Å²) in [4.78, 5) is 4.29. The van der Waals surface area contributed by atoms with Crippen molar-refractivity contribution in [2.75, 3.05) is 0 Å². The van der Waals surface area contributed by atoms with Crippen molar-refractivity contribution in [1.82, 2.24) is 4.98 Å². The molecule has 1 heterocycles. The van der Waals surface area contributed by atoms with Crippen LogP contribution in [0.4, 0.5) is 0 Å². The lowest BCUT2D eigenvalue weighted by Crippen LogP contribution is -1.75. The van der Waals surface area contributed by atoms with E-state index in [1.807, 2.05) is 24.3 Å². The first-order valence-electron chi connectivity index (χ1n) is 5.39. The molecule has 4 nitrogen and oxygen atoms in total. The molecule has 0 saturated carbocycles. The molecule has 98 valence electrons. The molecule has 3 aromatic rings. The van der Waals surface area contributed by atoms with E-state index < -0.39 is 0 Å². The molecule has 6 heteroatoms. The van der Waals surface area contributed by atoms with Gasteiger partial charge in [0.05, 0.1) is 10.2 Å². The summed E-state index contributed by atoms with van der Waals surface area (Å²) in [6.07, 6.45) is 0. The Hall–Kier alpha value is -1.76. The number of aromatic nitrogens is 1. The normalized spacial score (nSPS) is 9.95. The zero-order valence-electron chi connectivity index (χ0n) is 9.85. The van der Waals surface area contributed by atoms with Gasteiger partial charge in [-0.2, -0.15) is 0 Å². The summed E-state index contributed by atoms with van der Waals surface area (Å²) in [5.41, 5.74) is 1.03. The number of aromatic hydroxyl groups is 2. The van der Waals surface area contributed by atoms with Crippen LogP contribution in [0.1, 0.15) is 0 Å². The summed E-state index contributed by atoms with van der Waals surface area (Å²) in [5, 5.41) is 22.7. The van der Waals surface area contributed by atoms with Crippen LogP contribution < -0.4 is 5.14 Å². The summed E-state index contributed by atoms with van der Waals surface area (Å²) < 4.78 is 2.12. The largest absolute Gasteiger partial charge is 0.508 e. The molecule has 4 N–H and O–H groups in total. The third kappa shape index (κ3) is 3.85. The first-order valence-corrected chi connectivity index (χ1v) is 7.09. The van der Waals surface area contributed by atoms with Gasteiger partial charge in [-0.25, -0.2) is 4.98 Å². The highest BCUT2D eigenvalue weighted by atomic mass is 32.2. The van der Waals surface area contributed by atoms with Crippen LogP contribution in [-0.2, 0) is 0 Å². The SMILES string of the molecule is NSc1nc2ccccc2s1.Oc1ccc(O)cc1. The van der Waals surface area contributed by atoms with Crippen molar-refractivity contribution >= 4 is 33.5 Å². The van der Waals surface area contributed by atoms with Crippen LogP contribution in [0.3, 0.4) is 0 Å². The Morgan fingerprint density at radius 3 is 2.05 bits per heavy atom. The lowest BCUT2D eigenvalue weighted by molar-refractivity contribution is 0.460. The molecule has 0 spiro atoms. The fourth-order valence-electron chi connectivity index (χ4n) is 1.35. The molecule has 19 heavy (non-hydrogen) atoms. The second-order valence-corrected chi connectivity index (χ2v) is 5.49. The Labute approximate surface area is 118 Å². The van der Waals surface area contributed by atoms with Crippen molar-refractivity contribution in [3.63, 3.8) is 0 Å². The van der Waals surface area contributed by atoms with Crippen molar-refractivity contribution in [2.45, 2.75) is 4.34 Å². The molecule has 0 atom stereocenters. The van der Waals surface area contributed by atoms with E-state index in [0.717, 1.165) is 9.86 Å². The number of fused-ring (bicyclic) bond motifs is 1. The topological polar surface area (TPSA) is 79.4 Å². The minimum atomic E-state index is 0.169. The Morgan fingerprint density at radius 1 is 0.947 bits per heavy atom. The van der Waals surface area contributed by atoms with Gasteiger partial charge in [0.25, 0.3) is 0 Å². The Morgan fingerprint density at radius 2 is 1.53 bits per heavy atom. The maximum Gasteiger partial charge on any atom is 0.165 e. The monoisotopic (exact) mass is 292 g/mol. The number of hydrogen-bond donors (Lipinski definition) is 3. The number of phenols is 2. The van der Waals surface area contributed by atoms with E-state index in [2.05, 4.69) is 4.98 Å². The average molecular weight is 292 g/mol. The van der Waals surface area contributed by atoms with Crippen LogP contribution in [0.5, 0.6) is 11.5 Å². The molecule has 0 aliphatic rings. The molecule has 0 amide bonds. The van der Waals surface area contributed by atoms with E-state index in [9.17, 15) is 0 Å². The minimum Gasteiger partial charge on any atom is -0.508 e. The van der Waals surface area contributed by atoms with E-state index in [4.69, 9.17) is 15.4 Å². The molecule has 0 radical (unpaired) electrons. The molecule has 2 aromatic carbocycles. The van der Waals surface area contributed by atoms with Crippen molar-refractivity contribution in [1.29, 1.82) is 0 Å². The van der Waals surface area contributed by atoms with E-state index in [-0.39, 0.29) is 11.5 Å². The van der Waals surface area contributed by atoms with E-state index >= 15 is 0 Å². The summed E-state index contributed by atoms with van der Waals surface area (Å²) in [6.45, 7) is 0. The predicted molar refractivity (Wildman–Crippen MR) is 79.4 cm³/mol. The van der Waals surface area contributed by atoms with Crippen LogP contribution in [0, 0.1) is 0 Å². The van der Waals surface area contributed by atoms with Gasteiger partial charge in [0.15, 0.2) is 4.34 Å². The zero-order chi connectivity index (χ0) is 13.7. The molecule has 0 aliphatic carbocycles. The van der Waals surface area contributed by atoms with E-state index in [1.54, 1.807) is 11.3 Å². The van der Waals surface area contributed by atoms with Gasteiger partial charge in [-0.3, -0.25) is 5.14 Å². The first-order chi connectivity index (χ1) is 9.19. The van der Waals surface area contributed by atoms with Crippen LogP contribution in [-0.4, -0.2) is 15.2 Å². The fourth-order valence-corrected chi connectivity index (χ4v) is 2.66. The van der Waals surface area contributed by atoms with Gasteiger partial charge in [0.1, 0.15) is 11.5 Å². The minimum absolute atomic E-state index is 0.169. The number of para-hydroxylation sites is 1. The number of rotatable bonds is 1. The smallest absolute Gasteiger partial charge is 0.165 e. The van der Waals surface area contributed by atoms with Crippen LogP contribution in [0.2, 0.25) is 0 Å². The molecule has 1 aromatic heterocycles. The first kappa shape index (κ1) is 13.7. The van der Waals surface area contributed by atoms with Crippen LogP contribution in [0.15, 0.2) is 52.9 Å². The second kappa shape index (κ2) is 6.42. The van der Waals surface area contributed by atoms with Gasteiger partial charge in [-0.15, -0.1) is 11.3 Å². The number of nitrogens with zero attached hydrogens (tertiary/aromatic N) is 1. The average Bonchev–Trinajstić information content (AvgIpc) is 2.86. The summed E-state index contributed by atoms with van der Waals surface area (Å²) in [6, 6.07) is 13.7. The second-order valence-electron chi connectivity index (χ2n) is 3.58. The number of thiazole rings is 1. The Balaban J connectivity index is 0.000000148. The van der Waals surface area contributed by atoms with Crippen LogP contribution >= 0.6 is 23.3 Å². The summed E-state index contributed by atoms with van der Waals surface area (Å²) in [7, 11) is 0. The summed E-state index contributed by atoms with van der Waals surface area (Å²) >= 11 is 2.83. The lowest BCUT2D eigenvalue weighted by Gasteiger charge is -1.88. The third-order valence-corrected chi connectivity index (χ3v) is 3.89. The molecule has 0 unspecified atom stereocenters. The highest BCUT2D eigenvalue weighted by Gasteiger charge is 1.99. The highest BCUT2D eigenvalue weighted by Crippen LogP contribution is 2.25. The fraction of sp³-hybridized carbons (Fsp3) is 0. The molecule has 3 rings (SSSR count). The van der Waals surface area contributed by atoms with Crippen molar-refractivity contribution in [3.05, 3.63) is 48.5 Å². The standard InChI is InChI=1S/C7H6N2S2.C6H6O2/c8-11-7-9-5-3-1-2-4-6(5)10-7;7-5-1-2-6(8)4-3-5/h1-4H,8H2;1-4,7-8H. The Bertz CT molecular complexity index is 599. The van der Waals surface area contributed by atoms with Gasteiger partial charge >= 0.3 is 0 Å².